The van der Waals surface area contributed by atoms with E-state index in [1.165, 1.54) is 9.13 Å². The SMILES string of the molecule is CCn1c(=O)c2c(ncn2Cc2ccccc2Cl)n(-c2cccc(OC)c2)c1=O. The summed E-state index contributed by atoms with van der Waals surface area (Å²) in [5.74, 6) is 0.604. The Hall–Kier alpha value is -3.32. The van der Waals surface area contributed by atoms with Crippen LogP contribution in [-0.2, 0) is 13.1 Å². The van der Waals surface area contributed by atoms with Crippen molar-refractivity contribution in [2.75, 3.05) is 7.11 Å². The smallest absolute Gasteiger partial charge is 0.337 e. The van der Waals surface area contributed by atoms with Crippen LogP contribution in [0, 0.1) is 0 Å². The van der Waals surface area contributed by atoms with Crippen LogP contribution in [0.2, 0.25) is 5.02 Å². The van der Waals surface area contributed by atoms with Crippen molar-refractivity contribution in [1.29, 1.82) is 0 Å². The van der Waals surface area contributed by atoms with Gasteiger partial charge in [0.15, 0.2) is 11.2 Å². The van der Waals surface area contributed by atoms with Crippen LogP contribution >= 0.6 is 11.6 Å². The van der Waals surface area contributed by atoms with Crippen LogP contribution in [0.15, 0.2) is 64.4 Å². The van der Waals surface area contributed by atoms with Crippen LogP contribution in [0.1, 0.15) is 12.5 Å². The van der Waals surface area contributed by atoms with Gasteiger partial charge >= 0.3 is 5.69 Å². The van der Waals surface area contributed by atoms with Crippen LogP contribution < -0.4 is 16.0 Å². The van der Waals surface area contributed by atoms with Gasteiger partial charge in [-0.3, -0.25) is 9.36 Å². The van der Waals surface area contributed by atoms with Gasteiger partial charge in [0.25, 0.3) is 5.56 Å². The number of halogens is 1. The zero-order valence-electron chi connectivity index (χ0n) is 16.0. The van der Waals surface area contributed by atoms with Crippen LogP contribution in [0.3, 0.4) is 0 Å². The first-order valence-electron chi connectivity index (χ1n) is 9.13. The lowest BCUT2D eigenvalue weighted by Gasteiger charge is -2.12. The molecule has 0 unspecified atom stereocenters. The van der Waals surface area contributed by atoms with E-state index in [0.717, 1.165) is 5.56 Å². The summed E-state index contributed by atoms with van der Waals surface area (Å²) in [6, 6.07) is 14.5. The maximum atomic E-state index is 13.1. The summed E-state index contributed by atoms with van der Waals surface area (Å²) in [6.07, 6.45) is 1.56. The van der Waals surface area contributed by atoms with E-state index in [1.807, 2.05) is 18.2 Å². The molecule has 2 aromatic heterocycles. The predicted octanol–water partition coefficient (Wildman–Crippen LogP) is 3.08. The van der Waals surface area contributed by atoms with Crippen molar-refractivity contribution >= 4 is 22.8 Å². The van der Waals surface area contributed by atoms with E-state index >= 15 is 0 Å². The van der Waals surface area contributed by atoms with Crippen LogP contribution in [-0.4, -0.2) is 25.8 Å². The molecule has 29 heavy (non-hydrogen) atoms. The number of imidazole rings is 1. The molecule has 0 amide bonds. The molecule has 0 saturated carbocycles. The maximum Gasteiger partial charge on any atom is 0.337 e. The standard InChI is InChI=1S/C21H19ClN4O3/c1-3-25-20(27)18-19(23-13-24(18)12-14-7-4-5-10-17(14)22)26(21(25)28)15-8-6-9-16(11-15)29-2/h4-11,13H,3,12H2,1-2H3. The molecule has 7 nitrogen and oxygen atoms in total. The molecule has 0 N–H and O–H groups in total. The Morgan fingerprint density at radius 1 is 1.10 bits per heavy atom. The Morgan fingerprint density at radius 3 is 2.62 bits per heavy atom. The summed E-state index contributed by atoms with van der Waals surface area (Å²) >= 11 is 6.29. The van der Waals surface area contributed by atoms with Crippen LogP contribution in [0.5, 0.6) is 5.75 Å². The summed E-state index contributed by atoms with van der Waals surface area (Å²) in [5.41, 5.74) is 1.25. The molecule has 0 atom stereocenters. The van der Waals surface area contributed by atoms with Crippen molar-refractivity contribution < 1.29 is 4.74 Å². The van der Waals surface area contributed by atoms with Crippen molar-refractivity contribution in [1.82, 2.24) is 18.7 Å². The quantitative estimate of drug-likeness (QED) is 0.507. The normalized spacial score (nSPS) is 11.1. The van der Waals surface area contributed by atoms with E-state index in [1.54, 1.807) is 55.3 Å². The first-order valence-corrected chi connectivity index (χ1v) is 9.51. The predicted molar refractivity (Wildman–Crippen MR) is 112 cm³/mol. The molecular weight excluding hydrogens is 392 g/mol. The van der Waals surface area contributed by atoms with Crippen molar-refractivity contribution in [2.24, 2.45) is 0 Å². The molecule has 0 radical (unpaired) electrons. The second-order valence-electron chi connectivity index (χ2n) is 6.50. The summed E-state index contributed by atoms with van der Waals surface area (Å²) in [7, 11) is 1.56. The minimum Gasteiger partial charge on any atom is -0.497 e. The number of hydrogen-bond acceptors (Lipinski definition) is 4. The minimum absolute atomic E-state index is 0.245. The van der Waals surface area contributed by atoms with Crippen LogP contribution in [0.25, 0.3) is 16.9 Å². The molecule has 0 bridgehead atoms. The third kappa shape index (κ3) is 3.23. The van der Waals surface area contributed by atoms with Gasteiger partial charge in [-0.25, -0.2) is 14.3 Å². The van der Waals surface area contributed by atoms with E-state index in [2.05, 4.69) is 4.98 Å². The molecule has 0 fully saturated rings. The van der Waals surface area contributed by atoms with Gasteiger partial charge in [0.1, 0.15) is 5.75 Å². The second-order valence-corrected chi connectivity index (χ2v) is 6.91. The summed E-state index contributed by atoms with van der Waals surface area (Å²) in [4.78, 5) is 30.5. The summed E-state index contributed by atoms with van der Waals surface area (Å²) in [6.45, 7) is 2.37. The number of methoxy groups -OCH3 is 1. The third-order valence-electron chi connectivity index (χ3n) is 4.83. The molecule has 0 aliphatic heterocycles. The van der Waals surface area contributed by atoms with Crippen molar-refractivity contribution in [3.8, 4) is 11.4 Å². The van der Waals surface area contributed by atoms with Gasteiger partial charge in [0, 0.05) is 17.6 Å². The minimum atomic E-state index is -0.443. The largest absolute Gasteiger partial charge is 0.497 e. The highest BCUT2D eigenvalue weighted by molar-refractivity contribution is 6.31. The van der Waals surface area contributed by atoms with E-state index in [9.17, 15) is 9.59 Å². The van der Waals surface area contributed by atoms with E-state index < -0.39 is 5.69 Å². The summed E-state index contributed by atoms with van der Waals surface area (Å²) in [5, 5.41) is 0.603. The Balaban J connectivity index is 2.00. The highest BCUT2D eigenvalue weighted by Crippen LogP contribution is 2.20. The van der Waals surface area contributed by atoms with Gasteiger partial charge in [0.2, 0.25) is 0 Å². The number of hydrogen-bond donors (Lipinski definition) is 0. The zero-order valence-corrected chi connectivity index (χ0v) is 16.8. The van der Waals surface area contributed by atoms with Gasteiger partial charge in [-0.15, -0.1) is 0 Å². The Morgan fingerprint density at radius 2 is 1.90 bits per heavy atom. The average molecular weight is 411 g/mol. The summed E-state index contributed by atoms with van der Waals surface area (Å²) < 4.78 is 9.64. The molecule has 4 aromatic rings. The first kappa shape index (κ1) is 19.0. The molecule has 0 aliphatic carbocycles. The Labute approximate surface area is 171 Å². The second kappa shape index (κ2) is 7.60. The van der Waals surface area contributed by atoms with Crippen molar-refractivity contribution in [3.63, 3.8) is 0 Å². The molecule has 8 heteroatoms. The van der Waals surface area contributed by atoms with E-state index in [-0.39, 0.29) is 12.1 Å². The fourth-order valence-corrected chi connectivity index (χ4v) is 3.57. The monoisotopic (exact) mass is 410 g/mol. The van der Waals surface area contributed by atoms with Gasteiger partial charge in [-0.2, -0.15) is 0 Å². The molecule has 2 aromatic carbocycles. The fourth-order valence-electron chi connectivity index (χ4n) is 3.37. The van der Waals surface area contributed by atoms with Gasteiger partial charge in [-0.05, 0) is 30.7 Å². The molecular formula is C21H19ClN4O3. The fraction of sp³-hybridized carbons (Fsp3) is 0.190. The van der Waals surface area contributed by atoms with Gasteiger partial charge in [0.05, 0.1) is 25.7 Å². The first-order chi connectivity index (χ1) is 14.0. The molecule has 0 saturated heterocycles. The zero-order chi connectivity index (χ0) is 20.5. The average Bonchev–Trinajstić information content (AvgIpc) is 3.14. The number of fused-ring (bicyclic) bond motifs is 1. The number of aromatic nitrogens is 4. The lowest BCUT2D eigenvalue weighted by atomic mass is 10.2. The molecule has 0 spiro atoms. The molecule has 148 valence electrons. The number of rotatable bonds is 5. The third-order valence-corrected chi connectivity index (χ3v) is 5.20. The number of nitrogens with zero attached hydrogens (tertiary/aromatic N) is 4. The van der Waals surface area contributed by atoms with Crippen LogP contribution in [0.4, 0.5) is 0 Å². The topological polar surface area (TPSA) is 71.1 Å². The van der Waals surface area contributed by atoms with Gasteiger partial charge in [-0.1, -0.05) is 35.9 Å². The molecule has 2 heterocycles. The van der Waals surface area contributed by atoms with Crippen molar-refractivity contribution in [2.45, 2.75) is 20.0 Å². The maximum absolute atomic E-state index is 13.1. The Bertz CT molecular complexity index is 1320. The number of benzene rings is 2. The van der Waals surface area contributed by atoms with E-state index in [4.69, 9.17) is 16.3 Å². The lowest BCUT2D eigenvalue weighted by Crippen LogP contribution is -2.39. The molecule has 0 aliphatic rings. The Kier molecular flexibility index (Phi) is 4.98. The number of ether oxygens (including phenoxy) is 1. The highest BCUT2D eigenvalue weighted by Gasteiger charge is 2.19. The highest BCUT2D eigenvalue weighted by atomic mass is 35.5. The van der Waals surface area contributed by atoms with Gasteiger partial charge < -0.3 is 9.30 Å². The van der Waals surface area contributed by atoms with Crippen molar-refractivity contribution in [3.05, 3.63) is 86.3 Å². The molecule has 4 rings (SSSR count). The van der Waals surface area contributed by atoms with E-state index in [0.29, 0.717) is 34.2 Å². The lowest BCUT2D eigenvalue weighted by molar-refractivity contribution is 0.414.